The zero-order chi connectivity index (χ0) is 23.2. The Morgan fingerprint density at radius 2 is 1.91 bits per heavy atom. The first-order chi connectivity index (χ1) is 16.6. The summed E-state index contributed by atoms with van der Waals surface area (Å²) in [6.07, 6.45) is 5.61. The number of piperidine rings is 1. The Kier molecular flexibility index (Phi) is 4.90. The van der Waals surface area contributed by atoms with Gasteiger partial charge in [0.15, 0.2) is 5.65 Å². The number of H-pyrrole nitrogens is 1. The van der Waals surface area contributed by atoms with E-state index in [-0.39, 0.29) is 17.6 Å². The van der Waals surface area contributed by atoms with Crippen molar-refractivity contribution in [2.75, 3.05) is 29.4 Å². The van der Waals surface area contributed by atoms with Crippen molar-refractivity contribution in [2.45, 2.75) is 32.2 Å². The molecule has 0 aliphatic carbocycles. The maximum atomic E-state index is 13.3. The molecule has 0 spiro atoms. The molecule has 1 saturated heterocycles. The lowest BCUT2D eigenvalue weighted by molar-refractivity contribution is 0.0984. The number of nitrogens with zero attached hydrogens (tertiary/aromatic N) is 6. The van der Waals surface area contributed by atoms with Crippen LogP contribution >= 0.6 is 0 Å². The summed E-state index contributed by atoms with van der Waals surface area (Å²) in [6, 6.07) is 11.7. The van der Waals surface area contributed by atoms with Gasteiger partial charge in [0.1, 0.15) is 17.8 Å². The summed E-state index contributed by atoms with van der Waals surface area (Å²) in [5, 5.41) is 0. The van der Waals surface area contributed by atoms with Crippen LogP contribution in [-0.2, 0) is 6.42 Å². The molecule has 0 radical (unpaired) electrons. The average Bonchev–Trinajstić information content (AvgIpc) is 3.45. The fraction of sp³-hybridized carbons (Fsp3) is 0.320. The number of aryl methyl sites for hydroxylation is 1. The summed E-state index contributed by atoms with van der Waals surface area (Å²) >= 11 is 0. The fourth-order valence-electron chi connectivity index (χ4n) is 5.27. The predicted molar refractivity (Wildman–Crippen MR) is 129 cm³/mol. The van der Waals surface area contributed by atoms with Crippen LogP contribution in [0, 0.1) is 6.92 Å². The molecule has 0 saturated carbocycles. The number of carbonyl (C=O) groups is 1. The molecule has 9 heteroatoms. The molecule has 172 valence electrons. The number of carbonyl (C=O) groups excluding carboxylic acids is 1. The van der Waals surface area contributed by atoms with Gasteiger partial charge in [0.2, 0.25) is 0 Å². The Hall–Kier alpha value is -4.01. The number of aromatic nitrogens is 5. The first kappa shape index (κ1) is 20.6. The van der Waals surface area contributed by atoms with E-state index in [4.69, 9.17) is 0 Å². The Morgan fingerprint density at radius 1 is 1.06 bits per heavy atom. The van der Waals surface area contributed by atoms with E-state index in [0.717, 1.165) is 49.4 Å². The molecule has 3 aromatic heterocycles. The molecular formula is C25H25N7O2. The quantitative estimate of drug-likeness (QED) is 0.510. The minimum Gasteiger partial charge on any atom is -0.356 e. The second kappa shape index (κ2) is 8.09. The SMILES string of the molecule is Cc1cccc2c1CCN2C(=O)c1cc(N2CCC(n3c(=O)[nH]c4ncccc43)CC2)ncn1. The molecule has 1 amide bonds. The van der Waals surface area contributed by atoms with E-state index in [0.29, 0.717) is 17.9 Å². The third kappa shape index (κ3) is 3.35. The molecule has 0 bridgehead atoms. The third-order valence-electron chi connectivity index (χ3n) is 7.02. The van der Waals surface area contributed by atoms with Crippen LogP contribution in [0.5, 0.6) is 0 Å². The smallest absolute Gasteiger partial charge is 0.327 e. The second-order valence-electron chi connectivity index (χ2n) is 8.93. The number of nitrogens with one attached hydrogen (secondary N) is 1. The average molecular weight is 456 g/mol. The Balaban J connectivity index is 1.20. The molecule has 0 atom stereocenters. The highest BCUT2D eigenvalue weighted by atomic mass is 16.2. The maximum Gasteiger partial charge on any atom is 0.327 e. The minimum absolute atomic E-state index is 0.0916. The lowest BCUT2D eigenvalue weighted by Gasteiger charge is -2.33. The normalized spacial score (nSPS) is 16.3. The maximum absolute atomic E-state index is 13.3. The number of rotatable bonds is 3. The lowest BCUT2D eigenvalue weighted by atomic mass is 10.0. The number of hydrogen-bond acceptors (Lipinski definition) is 6. The van der Waals surface area contributed by atoms with Gasteiger partial charge in [-0.3, -0.25) is 14.3 Å². The van der Waals surface area contributed by atoms with Crippen LogP contribution < -0.4 is 15.5 Å². The molecular weight excluding hydrogens is 430 g/mol. The number of benzene rings is 1. The molecule has 5 heterocycles. The van der Waals surface area contributed by atoms with Gasteiger partial charge in [-0.1, -0.05) is 12.1 Å². The van der Waals surface area contributed by atoms with Gasteiger partial charge in [0, 0.05) is 43.6 Å². The highest BCUT2D eigenvalue weighted by Crippen LogP contribution is 2.32. The number of imidazole rings is 1. The summed E-state index contributed by atoms with van der Waals surface area (Å²) in [4.78, 5) is 45.6. The molecule has 1 aromatic carbocycles. The topological polar surface area (TPSA) is 100 Å². The van der Waals surface area contributed by atoms with Gasteiger partial charge < -0.3 is 9.80 Å². The number of hydrogen-bond donors (Lipinski definition) is 1. The predicted octanol–water partition coefficient (Wildman–Crippen LogP) is 2.87. The molecule has 2 aliphatic heterocycles. The van der Waals surface area contributed by atoms with Gasteiger partial charge in [-0.2, -0.15) is 0 Å². The van der Waals surface area contributed by atoms with Crippen molar-refractivity contribution in [3.63, 3.8) is 0 Å². The second-order valence-corrected chi connectivity index (χ2v) is 8.93. The first-order valence-electron chi connectivity index (χ1n) is 11.6. The Morgan fingerprint density at radius 3 is 2.76 bits per heavy atom. The van der Waals surface area contributed by atoms with E-state index >= 15 is 0 Å². The van der Waals surface area contributed by atoms with Crippen LogP contribution in [0.3, 0.4) is 0 Å². The van der Waals surface area contributed by atoms with Gasteiger partial charge in [-0.15, -0.1) is 0 Å². The van der Waals surface area contributed by atoms with E-state index in [1.807, 2.05) is 33.7 Å². The van der Waals surface area contributed by atoms with E-state index in [9.17, 15) is 9.59 Å². The summed E-state index contributed by atoms with van der Waals surface area (Å²) in [5.74, 6) is 0.647. The van der Waals surface area contributed by atoms with Crippen molar-refractivity contribution < 1.29 is 4.79 Å². The number of pyridine rings is 1. The number of aromatic amines is 1. The van der Waals surface area contributed by atoms with Gasteiger partial charge in [-0.05, 0) is 55.5 Å². The van der Waals surface area contributed by atoms with Crippen molar-refractivity contribution in [2.24, 2.45) is 0 Å². The monoisotopic (exact) mass is 455 g/mol. The van der Waals surface area contributed by atoms with Crippen LogP contribution in [0.25, 0.3) is 11.2 Å². The number of anilines is 2. The zero-order valence-electron chi connectivity index (χ0n) is 18.9. The zero-order valence-corrected chi connectivity index (χ0v) is 18.9. The van der Waals surface area contributed by atoms with Crippen molar-refractivity contribution in [3.05, 3.63) is 76.2 Å². The van der Waals surface area contributed by atoms with E-state index in [1.54, 1.807) is 12.3 Å². The molecule has 2 aliphatic rings. The van der Waals surface area contributed by atoms with Gasteiger partial charge in [0.05, 0.1) is 5.52 Å². The molecule has 1 fully saturated rings. The summed E-state index contributed by atoms with van der Waals surface area (Å²) < 4.78 is 1.82. The number of fused-ring (bicyclic) bond motifs is 2. The van der Waals surface area contributed by atoms with Gasteiger partial charge in [-0.25, -0.2) is 19.7 Å². The molecule has 0 unspecified atom stereocenters. The van der Waals surface area contributed by atoms with Crippen LogP contribution in [0.1, 0.15) is 40.5 Å². The van der Waals surface area contributed by atoms with Gasteiger partial charge >= 0.3 is 5.69 Å². The number of amides is 1. The molecule has 34 heavy (non-hydrogen) atoms. The van der Waals surface area contributed by atoms with Crippen LogP contribution in [0.4, 0.5) is 11.5 Å². The molecule has 1 N–H and O–H groups in total. The highest BCUT2D eigenvalue weighted by Gasteiger charge is 2.29. The Bertz CT molecular complexity index is 1450. The molecule has 9 nitrogen and oxygen atoms in total. The summed E-state index contributed by atoms with van der Waals surface area (Å²) in [5.41, 5.74) is 5.15. The minimum atomic E-state index is -0.122. The van der Waals surface area contributed by atoms with Crippen molar-refractivity contribution >= 4 is 28.6 Å². The van der Waals surface area contributed by atoms with Crippen LogP contribution in [0.15, 0.2) is 53.7 Å². The van der Waals surface area contributed by atoms with Crippen molar-refractivity contribution in [1.29, 1.82) is 0 Å². The molecule has 4 aromatic rings. The Labute approximate surface area is 196 Å². The standard InChI is InChI=1S/C25H25N7O2/c1-16-4-2-5-20-18(16)9-13-31(20)24(33)19-14-22(28-15-27-19)30-11-7-17(8-12-30)32-21-6-3-10-26-23(21)29-25(32)34/h2-6,10,14-15,17H,7-9,11-13H2,1H3,(H,26,29,34). The first-order valence-corrected chi connectivity index (χ1v) is 11.6. The summed E-state index contributed by atoms with van der Waals surface area (Å²) in [6.45, 7) is 4.22. The van der Waals surface area contributed by atoms with Crippen LogP contribution in [-0.4, -0.2) is 50.0 Å². The van der Waals surface area contributed by atoms with Crippen molar-refractivity contribution in [1.82, 2.24) is 24.5 Å². The van der Waals surface area contributed by atoms with E-state index in [2.05, 4.69) is 37.8 Å². The van der Waals surface area contributed by atoms with E-state index < -0.39 is 0 Å². The van der Waals surface area contributed by atoms with Crippen LogP contribution in [0.2, 0.25) is 0 Å². The summed E-state index contributed by atoms with van der Waals surface area (Å²) in [7, 11) is 0. The van der Waals surface area contributed by atoms with Crippen molar-refractivity contribution in [3.8, 4) is 0 Å². The third-order valence-corrected chi connectivity index (χ3v) is 7.02. The largest absolute Gasteiger partial charge is 0.356 e. The lowest BCUT2D eigenvalue weighted by Crippen LogP contribution is -2.37. The molecule has 6 rings (SSSR count). The van der Waals surface area contributed by atoms with E-state index in [1.165, 1.54) is 17.5 Å². The highest BCUT2D eigenvalue weighted by molar-refractivity contribution is 6.06. The fourth-order valence-corrected chi connectivity index (χ4v) is 5.27. The van der Waals surface area contributed by atoms with Gasteiger partial charge in [0.25, 0.3) is 5.91 Å².